The number of anilines is 2. The van der Waals surface area contributed by atoms with E-state index in [0.29, 0.717) is 29.3 Å². The predicted octanol–water partition coefficient (Wildman–Crippen LogP) is 4.54. The highest BCUT2D eigenvalue weighted by molar-refractivity contribution is 6.09. The summed E-state index contributed by atoms with van der Waals surface area (Å²) in [5.74, 6) is 0.349. The Morgan fingerprint density at radius 3 is 2.63 bits per heavy atom. The lowest BCUT2D eigenvalue weighted by atomic mass is 10.0. The largest absolute Gasteiger partial charge is 0.416 e. The van der Waals surface area contributed by atoms with Crippen molar-refractivity contribution in [3.05, 3.63) is 59.5 Å². The van der Waals surface area contributed by atoms with Gasteiger partial charge in [0.05, 0.1) is 17.8 Å². The lowest BCUT2D eigenvalue weighted by Crippen LogP contribution is -2.42. The number of amides is 1. The van der Waals surface area contributed by atoms with E-state index in [1.165, 1.54) is 24.0 Å². The summed E-state index contributed by atoms with van der Waals surface area (Å²) < 4.78 is 41.0. The van der Waals surface area contributed by atoms with Gasteiger partial charge < -0.3 is 10.2 Å². The highest BCUT2D eigenvalue weighted by Crippen LogP contribution is 2.36. The first-order valence-electron chi connectivity index (χ1n) is 9.42. The molecule has 1 amide bonds. The molecule has 30 heavy (non-hydrogen) atoms. The number of hydrogen-bond donors (Lipinski definition) is 1. The molecule has 1 aliphatic rings. The molecule has 0 radical (unpaired) electrons. The molecule has 3 aromatic rings. The zero-order valence-corrected chi connectivity index (χ0v) is 16.7. The Labute approximate surface area is 171 Å². The van der Waals surface area contributed by atoms with Crippen molar-refractivity contribution in [1.29, 1.82) is 0 Å². The number of halogens is 3. The van der Waals surface area contributed by atoms with Crippen LogP contribution in [0.4, 0.5) is 24.7 Å². The number of aromatic nitrogens is 3. The standard InChI is InChI=1S/C21H20F3N5O/c1-12-8-15(4-5-17(12)21(22,23)24)28-11-13(2)29-19(20(28)30)16(10-27-29)14-6-7-26-18(9-14)25-3/h4-10,13H,11H2,1-3H3,(H,25,26)/t13-/m0/s1. The van der Waals surface area contributed by atoms with Crippen LogP contribution in [0.3, 0.4) is 0 Å². The van der Waals surface area contributed by atoms with Crippen LogP contribution in [0, 0.1) is 6.92 Å². The van der Waals surface area contributed by atoms with Crippen molar-refractivity contribution in [3.63, 3.8) is 0 Å². The van der Waals surface area contributed by atoms with Gasteiger partial charge in [-0.3, -0.25) is 9.48 Å². The van der Waals surface area contributed by atoms with Crippen LogP contribution in [0.1, 0.15) is 34.6 Å². The fourth-order valence-electron chi connectivity index (χ4n) is 3.76. The fourth-order valence-corrected chi connectivity index (χ4v) is 3.76. The molecule has 1 aromatic carbocycles. The number of aryl methyl sites for hydroxylation is 1. The first-order chi connectivity index (χ1) is 14.2. The Bertz CT molecular complexity index is 1120. The molecular formula is C21H20F3N5O. The Hall–Kier alpha value is -3.36. The summed E-state index contributed by atoms with van der Waals surface area (Å²) in [6, 6.07) is 7.24. The maximum atomic E-state index is 13.4. The van der Waals surface area contributed by atoms with E-state index in [1.54, 1.807) is 30.2 Å². The average molecular weight is 415 g/mol. The van der Waals surface area contributed by atoms with Gasteiger partial charge in [0.25, 0.3) is 5.91 Å². The summed E-state index contributed by atoms with van der Waals surface area (Å²) in [6.45, 7) is 3.63. The fraction of sp³-hybridized carbons (Fsp3) is 0.286. The molecule has 3 heterocycles. The van der Waals surface area contributed by atoms with E-state index in [-0.39, 0.29) is 17.5 Å². The van der Waals surface area contributed by atoms with E-state index >= 15 is 0 Å². The highest BCUT2D eigenvalue weighted by Gasteiger charge is 2.36. The zero-order valence-electron chi connectivity index (χ0n) is 16.7. The summed E-state index contributed by atoms with van der Waals surface area (Å²) in [5.41, 5.74) is 1.64. The first-order valence-corrected chi connectivity index (χ1v) is 9.42. The van der Waals surface area contributed by atoms with Gasteiger partial charge in [0.2, 0.25) is 0 Å². The summed E-state index contributed by atoms with van der Waals surface area (Å²) in [4.78, 5) is 19.1. The van der Waals surface area contributed by atoms with Crippen LogP contribution in [0.15, 0.2) is 42.7 Å². The van der Waals surface area contributed by atoms with Crippen LogP contribution >= 0.6 is 0 Å². The third-order valence-electron chi connectivity index (χ3n) is 5.26. The number of nitrogens with zero attached hydrogens (tertiary/aromatic N) is 4. The van der Waals surface area contributed by atoms with E-state index in [2.05, 4.69) is 15.4 Å². The summed E-state index contributed by atoms with van der Waals surface area (Å²) >= 11 is 0. The second-order valence-electron chi connectivity index (χ2n) is 7.29. The number of rotatable bonds is 3. The van der Waals surface area contributed by atoms with E-state index in [9.17, 15) is 18.0 Å². The lowest BCUT2D eigenvalue weighted by Gasteiger charge is -2.33. The molecule has 4 rings (SSSR count). The van der Waals surface area contributed by atoms with Crippen molar-refractivity contribution in [2.45, 2.75) is 26.1 Å². The topological polar surface area (TPSA) is 63.1 Å². The molecule has 0 aliphatic carbocycles. The second kappa shape index (κ2) is 7.16. The van der Waals surface area contributed by atoms with E-state index < -0.39 is 11.7 Å². The smallest absolute Gasteiger partial charge is 0.373 e. The molecule has 1 atom stereocenters. The maximum Gasteiger partial charge on any atom is 0.416 e. The van der Waals surface area contributed by atoms with Crippen molar-refractivity contribution < 1.29 is 18.0 Å². The number of benzene rings is 1. The van der Waals surface area contributed by atoms with Crippen LogP contribution in [0.25, 0.3) is 11.1 Å². The predicted molar refractivity (Wildman–Crippen MR) is 108 cm³/mol. The molecule has 9 heteroatoms. The molecule has 156 valence electrons. The summed E-state index contributed by atoms with van der Waals surface area (Å²) in [5, 5.41) is 7.35. The van der Waals surface area contributed by atoms with Crippen molar-refractivity contribution >= 4 is 17.4 Å². The molecule has 0 fully saturated rings. The molecule has 0 spiro atoms. The van der Waals surface area contributed by atoms with Gasteiger partial charge in [-0.25, -0.2) is 4.98 Å². The van der Waals surface area contributed by atoms with Gasteiger partial charge in [-0.15, -0.1) is 0 Å². The molecule has 0 unspecified atom stereocenters. The number of carbonyl (C=O) groups is 1. The molecule has 0 bridgehead atoms. The normalized spacial score (nSPS) is 16.5. The SMILES string of the molecule is CNc1cc(-c2cnn3c2C(=O)N(c2ccc(C(F)(F)F)c(C)c2)C[C@@H]3C)ccn1. The van der Waals surface area contributed by atoms with Gasteiger partial charge in [-0.1, -0.05) is 0 Å². The average Bonchev–Trinajstić information content (AvgIpc) is 3.16. The monoisotopic (exact) mass is 415 g/mol. The van der Waals surface area contributed by atoms with Crippen LogP contribution in [0.2, 0.25) is 0 Å². The lowest BCUT2D eigenvalue weighted by molar-refractivity contribution is -0.138. The Morgan fingerprint density at radius 1 is 1.20 bits per heavy atom. The third kappa shape index (κ3) is 3.30. The minimum atomic E-state index is -4.43. The minimum absolute atomic E-state index is 0.0764. The van der Waals surface area contributed by atoms with Crippen molar-refractivity contribution in [2.75, 3.05) is 23.8 Å². The summed E-state index contributed by atoms with van der Waals surface area (Å²) in [7, 11) is 1.75. The Kier molecular flexibility index (Phi) is 4.76. The van der Waals surface area contributed by atoms with Crippen LogP contribution in [-0.4, -0.2) is 34.3 Å². The Balaban J connectivity index is 1.77. The van der Waals surface area contributed by atoms with Crippen molar-refractivity contribution in [2.24, 2.45) is 0 Å². The van der Waals surface area contributed by atoms with Gasteiger partial charge >= 0.3 is 6.18 Å². The van der Waals surface area contributed by atoms with E-state index in [4.69, 9.17) is 0 Å². The third-order valence-corrected chi connectivity index (χ3v) is 5.26. The van der Waals surface area contributed by atoms with Gasteiger partial charge in [0.15, 0.2) is 0 Å². The molecule has 0 saturated heterocycles. The number of pyridine rings is 1. The number of carbonyl (C=O) groups excluding carboxylic acids is 1. The first kappa shape index (κ1) is 19.9. The number of hydrogen-bond acceptors (Lipinski definition) is 4. The van der Waals surface area contributed by atoms with E-state index in [1.807, 2.05) is 13.0 Å². The quantitative estimate of drug-likeness (QED) is 0.683. The number of alkyl halides is 3. The maximum absolute atomic E-state index is 13.4. The van der Waals surface area contributed by atoms with Crippen LogP contribution in [-0.2, 0) is 6.18 Å². The molecule has 0 saturated carbocycles. The van der Waals surface area contributed by atoms with Gasteiger partial charge in [-0.2, -0.15) is 18.3 Å². The molecule has 6 nitrogen and oxygen atoms in total. The van der Waals surface area contributed by atoms with Gasteiger partial charge in [0, 0.05) is 31.0 Å². The zero-order chi connectivity index (χ0) is 21.6. The molecular weight excluding hydrogens is 395 g/mol. The minimum Gasteiger partial charge on any atom is -0.373 e. The van der Waals surface area contributed by atoms with Crippen molar-refractivity contribution in [1.82, 2.24) is 14.8 Å². The van der Waals surface area contributed by atoms with Crippen LogP contribution in [0.5, 0.6) is 0 Å². The summed E-state index contributed by atoms with van der Waals surface area (Å²) in [6.07, 6.45) is -1.15. The number of nitrogens with one attached hydrogen (secondary N) is 1. The van der Waals surface area contributed by atoms with Crippen LogP contribution < -0.4 is 10.2 Å². The molecule has 1 aliphatic heterocycles. The molecule has 1 N–H and O–H groups in total. The second-order valence-corrected chi connectivity index (χ2v) is 7.29. The Morgan fingerprint density at radius 2 is 1.97 bits per heavy atom. The highest BCUT2D eigenvalue weighted by atomic mass is 19.4. The van der Waals surface area contributed by atoms with Gasteiger partial charge in [0.1, 0.15) is 11.5 Å². The number of fused-ring (bicyclic) bond motifs is 1. The molecule has 2 aromatic heterocycles. The van der Waals surface area contributed by atoms with Gasteiger partial charge in [-0.05, 0) is 55.3 Å². The van der Waals surface area contributed by atoms with E-state index in [0.717, 1.165) is 11.6 Å². The van der Waals surface area contributed by atoms with Crippen molar-refractivity contribution in [3.8, 4) is 11.1 Å².